The van der Waals surface area contributed by atoms with Crippen LogP contribution in [0.5, 0.6) is 0 Å². The fourth-order valence-corrected chi connectivity index (χ4v) is 7.07. The first-order valence-electron chi connectivity index (χ1n) is 6.52. The van der Waals surface area contributed by atoms with Crippen LogP contribution in [-0.2, 0) is 13.0 Å². The van der Waals surface area contributed by atoms with Crippen LogP contribution in [0.15, 0.2) is 0 Å². The van der Waals surface area contributed by atoms with Crippen molar-refractivity contribution in [2.45, 2.75) is 77.8 Å². The lowest BCUT2D eigenvalue weighted by molar-refractivity contribution is 0.383. The van der Waals surface area contributed by atoms with Gasteiger partial charge < -0.3 is 8.43 Å². The van der Waals surface area contributed by atoms with Crippen LogP contribution in [0.4, 0.5) is 0 Å². The summed E-state index contributed by atoms with van der Waals surface area (Å²) in [6.07, 6.45) is 0. The quantitative estimate of drug-likeness (QED) is 0.514. The van der Waals surface area contributed by atoms with Crippen molar-refractivity contribution in [3.05, 3.63) is 0 Å². The third-order valence-electron chi connectivity index (χ3n) is 4.29. The molecule has 0 atom stereocenters. The van der Waals surface area contributed by atoms with Gasteiger partial charge in [0, 0.05) is 0 Å². The first-order valence-corrected chi connectivity index (χ1v) is 13.6. The Labute approximate surface area is 116 Å². The van der Waals surface area contributed by atoms with Crippen LogP contribution in [0.3, 0.4) is 0 Å². The van der Waals surface area contributed by atoms with Gasteiger partial charge in [-0.3, -0.25) is 4.57 Å². The van der Waals surface area contributed by atoms with Gasteiger partial charge in [0.15, 0.2) is 0 Å². The van der Waals surface area contributed by atoms with Crippen molar-refractivity contribution in [3.63, 3.8) is 0 Å². The van der Waals surface area contributed by atoms with Crippen LogP contribution >= 0.6 is 8.25 Å². The van der Waals surface area contributed by atoms with E-state index >= 15 is 0 Å². The Morgan fingerprint density at radius 1 is 0.722 bits per heavy atom. The average Bonchev–Trinajstić information content (AvgIpc) is 1.95. The standard InChI is InChI=1S/C12H31O3PSi2/c1-11(2,3)17(7,8)14-16(13)15-18(9,10)12(4,5)6/h16H,1-10H3. The molecule has 3 nitrogen and oxygen atoms in total. The van der Waals surface area contributed by atoms with E-state index in [2.05, 4.69) is 67.7 Å². The summed E-state index contributed by atoms with van der Waals surface area (Å²) in [6.45, 7) is 21.2. The highest BCUT2D eigenvalue weighted by molar-refractivity contribution is 7.38. The Morgan fingerprint density at radius 3 is 1.11 bits per heavy atom. The molecular formula is C12H31O3PSi2. The van der Waals surface area contributed by atoms with E-state index in [1.54, 1.807) is 0 Å². The van der Waals surface area contributed by atoms with Crippen molar-refractivity contribution in [3.8, 4) is 0 Å². The van der Waals surface area contributed by atoms with E-state index in [-0.39, 0.29) is 10.1 Å². The third-order valence-corrected chi connectivity index (χ3v) is 16.9. The summed E-state index contributed by atoms with van der Waals surface area (Å²) >= 11 is 0. The summed E-state index contributed by atoms with van der Waals surface area (Å²) in [4.78, 5) is 0. The van der Waals surface area contributed by atoms with E-state index in [0.717, 1.165) is 0 Å². The van der Waals surface area contributed by atoms with E-state index in [1.807, 2.05) is 0 Å². The third kappa shape index (κ3) is 4.93. The predicted octanol–water partition coefficient (Wildman–Crippen LogP) is 5.42. The van der Waals surface area contributed by atoms with Gasteiger partial charge in [0.05, 0.1) is 0 Å². The van der Waals surface area contributed by atoms with Crippen molar-refractivity contribution < 1.29 is 13.0 Å². The molecule has 6 heteroatoms. The smallest absolute Gasteiger partial charge is 0.299 e. The molecular weight excluding hydrogens is 279 g/mol. The molecule has 0 fully saturated rings. The molecule has 0 saturated heterocycles. The topological polar surface area (TPSA) is 35.5 Å². The molecule has 0 radical (unpaired) electrons. The molecule has 0 aromatic carbocycles. The second-order valence-corrected chi connectivity index (χ2v) is 19.1. The van der Waals surface area contributed by atoms with Crippen molar-refractivity contribution in [2.75, 3.05) is 0 Å². The lowest BCUT2D eigenvalue weighted by Crippen LogP contribution is -2.41. The Bertz CT molecular complexity index is 284. The molecule has 18 heavy (non-hydrogen) atoms. The van der Waals surface area contributed by atoms with Crippen LogP contribution in [-0.4, -0.2) is 16.6 Å². The van der Waals surface area contributed by atoms with Crippen LogP contribution in [0, 0.1) is 0 Å². The van der Waals surface area contributed by atoms with Gasteiger partial charge in [-0.05, 0) is 36.3 Å². The highest BCUT2D eigenvalue weighted by Crippen LogP contribution is 2.47. The Balaban J connectivity index is 4.75. The van der Waals surface area contributed by atoms with Crippen molar-refractivity contribution in [2.24, 2.45) is 0 Å². The maximum atomic E-state index is 12.2. The molecule has 0 saturated carbocycles. The monoisotopic (exact) mass is 310 g/mol. The van der Waals surface area contributed by atoms with Crippen LogP contribution in [0.2, 0.25) is 36.3 Å². The van der Waals surface area contributed by atoms with Gasteiger partial charge in [0.2, 0.25) is 16.6 Å². The van der Waals surface area contributed by atoms with Crippen molar-refractivity contribution >= 4 is 24.9 Å². The maximum Gasteiger partial charge on any atom is 0.299 e. The van der Waals surface area contributed by atoms with E-state index in [0.29, 0.717) is 0 Å². The average molecular weight is 311 g/mol. The van der Waals surface area contributed by atoms with Gasteiger partial charge in [-0.2, -0.15) is 0 Å². The Kier molecular flexibility index (Phi) is 5.70. The molecule has 0 heterocycles. The zero-order valence-electron chi connectivity index (χ0n) is 13.7. The zero-order chi connectivity index (χ0) is 15.0. The van der Waals surface area contributed by atoms with Crippen LogP contribution in [0.25, 0.3) is 0 Å². The normalized spacial score (nSPS) is 15.3. The molecule has 0 spiro atoms. The summed E-state index contributed by atoms with van der Waals surface area (Å²) in [5, 5.41) is 0.119. The minimum Gasteiger partial charge on any atom is -0.353 e. The van der Waals surface area contributed by atoms with Gasteiger partial charge in [-0.15, -0.1) is 0 Å². The Hall–Kier alpha value is 0.584. The zero-order valence-corrected chi connectivity index (χ0v) is 16.7. The highest BCUT2D eigenvalue weighted by Gasteiger charge is 2.43. The number of hydrogen-bond acceptors (Lipinski definition) is 3. The summed E-state index contributed by atoms with van der Waals surface area (Å²) in [5.74, 6) is 0. The van der Waals surface area contributed by atoms with Gasteiger partial charge in [0.1, 0.15) is 0 Å². The Morgan fingerprint density at radius 2 is 0.944 bits per heavy atom. The highest BCUT2D eigenvalue weighted by atomic mass is 31.1. The molecule has 0 rings (SSSR count). The van der Waals surface area contributed by atoms with Gasteiger partial charge in [0.25, 0.3) is 8.25 Å². The van der Waals surface area contributed by atoms with E-state index in [9.17, 15) is 4.57 Å². The SMILES string of the molecule is CC(C)(C)[Si](C)(C)O[PH](=O)O[Si](C)(C)C(C)(C)C. The minimum atomic E-state index is -2.39. The summed E-state index contributed by atoms with van der Waals surface area (Å²) in [7, 11) is -6.39. The van der Waals surface area contributed by atoms with E-state index in [1.165, 1.54) is 0 Å². The van der Waals surface area contributed by atoms with Gasteiger partial charge in [-0.1, -0.05) is 41.5 Å². The second kappa shape index (κ2) is 5.53. The summed E-state index contributed by atoms with van der Waals surface area (Å²) in [6, 6.07) is 0. The summed E-state index contributed by atoms with van der Waals surface area (Å²) in [5.41, 5.74) is 0. The predicted molar refractivity (Wildman–Crippen MR) is 85.6 cm³/mol. The first kappa shape index (κ1) is 18.6. The second-order valence-electron chi connectivity index (χ2n) is 7.97. The van der Waals surface area contributed by atoms with Crippen LogP contribution < -0.4 is 0 Å². The molecule has 0 unspecified atom stereocenters. The van der Waals surface area contributed by atoms with E-state index < -0.39 is 24.9 Å². The molecule has 0 aliphatic carbocycles. The lowest BCUT2D eigenvalue weighted by atomic mass is 10.2. The summed E-state index contributed by atoms with van der Waals surface area (Å²) < 4.78 is 23.8. The van der Waals surface area contributed by atoms with Crippen molar-refractivity contribution in [1.82, 2.24) is 0 Å². The largest absolute Gasteiger partial charge is 0.353 e. The molecule has 0 aromatic rings. The minimum absolute atomic E-state index is 0.0596. The fraction of sp³-hybridized carbons (Fsp3) is 1.00. The fourth-order valence-electron chi connectivity index (χ4n) is 0.744. The molecule has 0 aliphatic heterocycles. The molecule has 0 bridgehead atoms. The van der Waals surface area contributed by atoms with Crippen molar-refractivity contribution in [1.29, 1.82) is 0 Å². The molecule has 0 N–H and O–H groups in total. The molecule has 0 aliphatic rings. The van der Waals surface area contributed by atoms with Crippen LogP contribution in [0.1, 0.15) is 41.5 Å². The first-order chi connectivity index (χ1) is 7.60. The van der Waals surface area contributed by atoms with E-state index in [4.69, 9.17) is 8.43 Å². The molecule has 110 valence electrons. The molecule has 0 aromatic heterocycles. The van der Waals surface area contributed by atoms with Gasteiger partial charge in [-0.25, -0.2) is 0 Å². The maximum absolute atomic E-state index is 12.2. The van der Waals surface area contributed by atoms with Gasteiger partial charge >= 0.3 is 0 Å². The molecule has 0 amide bonds. The lowest BCUT2D eigenvalue weighted by Gasteiger charge is -2.39. The number of hydrogen-bond donors (Lipinski definition) is 0. The number of rotatable bonds is 4.